The fraction of sp³-hybridized carbons (Fsp3) is 0.556. The molecule has 1 saturated heterocycles. The van der Waals surface area contributed by atoms with Crippen LogP contribution < -0.4 is 4.90 Å². The Morgan fingerprint density at radius 2 is 1.81 bits per heavy atom. The maximum atomic E-state index is 12.6. The standard InChI is InChI=1S/C18H24N6O2S/c25-16-7-5-14(6-8-16)22-9-11-23(12-10-22)17(26)13-27-18-19-20-21-24(18)15-3-1-2-4-15/h5-8,15,25H,1-4,9-13H2. The van der Waals surface area contributed by atoms with Crippen LogP contribution in [0, 0.1) is 0 Å². The van der Waals surface area contributed by atoms with Gasteiger partial charge in [0.2, 0.25) is 11.1 Å². The maximum Gasteiger partial charge on any atom is 0.233 e. The first-order valence-electron chi connectivity index (χ1n) is 9.43. The fourth-order valence-electron chi connectivity index (χ4n) is 3.75. The van der Waals surface area contributed by atoms with Gasteiger partial charge in [-0.1, -0.05) is 24.6 Å². The van der Waals surface area contributed by atoms with Gasteiger partial charge in [-0.3, -0.25) is 4.79 Å². The summed E-state index contributed by atoms with van der Waals surface area (Å²) in [5.74, 6) is 0.766. The molecule has 0 spiro atoms. The number of phenols is 1. The monoisotopic (exact) mass is 388 g/mol. The number of piperazine rings is 1. The first-order valence-corrected chi connectivity index (χ1v) is 10.4. The highest BCUT2D eigenvalue weighted by atomic mass is 32.2. The Labute approximate surface area is 162 Å². The minimum Gasteiger partial charge on any atom is -0.508 e. The Hall–Kier alpha value is -2.29. The molecule has 1 aliphatic heterocycles. The quantitative estimate of drug-likeness (QED) is 0.783. The molecule has 27 heavy (non-hydrogen) atoms. The van der Waals surface area contributed by atoms with Crippen LogP contribution in [0.4, 0.5) is 5.69 Å². The number of thioether (sulfide) groups is 1. The summed E-state index contributed by atoms with van der Waals surface area (Å²) >= 11 is 1.44. The topological polar surface area (TPSA) is 87.4 Å². The summed E-state index contributed by atoms with van der Waals surface area (Å²) in [6.45, 7) is 2.99. The average Bonchev–Trinajstić information content (AvgIpc) is 3.38. The Balaban J connectivity index is 1.28. The predicted molar refractivity (Wildman–Crippen MR) is 103 cm³/mol. The highest BCUT2D eigenvalue weighted by molar-refractivity contribution is 7.99. The van der Waals surface area contributed by atoms with E-state index in [-0.39, 0.29) is 11.7 Å². The molecule has 144 valence electrons. The number of carbonyl (C=O) groups is 1. The van der Waals surface area contributed by atoms with Gasteiger partial charge in [0.15, 0.2) is 0 Å². The third kappa shape index (κ3) is 4.18. The van der Waals surface area contributed by atoms with Gasteiger partial charge in [-0.05, 0) is 47.5 Å². The molecule has 8 nitrogen and oxygen atoms in total. The zero-order chi connectivity index (χ0) is 18.6. The van der Waals surface area contributed by atoms with Gasteiger partial charge >= 0.3 is 0 Å². The molecule has 2 fully saturated rings. The molecule has 1 saturated carbocycles. The molecule has 0 atom stereocenters. The third-order valence-electron chi connectivity index (χ3n) is 5.31. The SMILES string of the molecule is O=C(CSc1nnnn1C1CCCC1)N1CCN(c2ccc(O)cc2)CC1. The zero-order valence-corrected chi connectivity index (χ0v) is 16.0. The summed E-state index contributed by atoms with van der Waals surface area (Å²) in [6, 6.07) is 7.58. The molecule has 1 aromatic carbocycles. The van der Waals surface area contributed by atoms with Crippen LogP contribution in [0.1, 0.15) is 31.7 Å². The Morgan fingerprint density at radius 1 is 1.11 bits per heavy atom. The second-order valence-corrected chi connectivity index (χ2v) is 7.96. The van der Waals surface area contributed by atoms with Crippen molar-refractivity contribution < 1.29 is 9.90 Å². The highest BCUT2D eigenvalue weighted by Gasteiger charge is 2.24. The van der Waals surface area contributed by atoms with Crippen LogP contribution >= 0.6 is 11.8 Å². The second kappa shape index (κ2) is 8.16. The summed E-state index contributed by atoms with van der Waals surface area (Å²) in [6.07, 6.45) is 4.68. The smallest absolute Gasteiger partial charge is 0.233 e. The number of aromatic hydroxyl groups is 1. The summed E-state index contributed by atoms with van der Waals surface area (Å²) in [5.41, 5.74) is 1.07. The number of tetrazole rings is 1. The molecule has 2 heterocycles. The van der Waals surface area contributed by atoms with Crippen molar-refractivity contribution in [3.63, 3.8) is 0 Å². The molecule has 2 aromatic rings. The van der Waals surface area contributed by atoms with Gasteiger partial charge in [0.25, 0.3) is 0 Å². The van der Waals surface area contributed by atoms with E-state index in [0.717, 1.165) is 36.8 Å². The Morgan fingerprint density at radius 3 is 2.52 bits per heavy atom. The average molecular weight is 388 g/mol. The van der Waals surface area contributed by atoms with Crippen molar-refractivity contribution in [3.8, 4) is 5.75 Å². The maximum absolute atomic E-state index is 12.6. The predicted octanol–water partition coefficient (Wildman–Crippen LogP) is 1.93. The largest absolute Gasteiger partial charge is 0.508 e. The Kier molecular flexibility index (Phi) is 5.47. The lowest BCUT2D eigenvalue weighted by Gasteiger charge is -2.36. The second-order valence-electron chi connectivity index (χ2n) is 7.02. The van der Waals surface area contributed by atoms with E-state index < -0.39 is 0 Å². The fourth-order valence-corrected chi connectivity index (χ4v) is 4.60. The summed E-state index contributed by atoms with van der Waals surface area (Å²) in [5, 5.41) is 22.2. The van der Waals surface area contributed by atoms with E-state index in [0.29, 0.717) is 24.9 Å². The minimum absolute atomic E-state index is 0.131. The number of aromatic nitrogens is 4. The number of hydrogen-bond donors (Lipinski definition) is 1. The number of anilines is 1. The van der Waals surface area contributed by atoms with Crippen LogP contribution in [0.25, 0.3) is 0 Å². The molecule has 1 N–H and O–H groups in total. The van der Waals surface area contributed by atoms with E-state index in [1.807, 2.05) is 21.7 Å². The van der Waals surface area contributed by atoms with Gasteiger partial charge in [-0.15, -0.1) is 5.10 Å². The summed E-state index contributed by atoms with van der Waals surface area (Å²) < 4.78 is 1.90. The van der Waals surface area contributed by atoms with E-state index in [2.05, 4.69) is 20.4 Å². The Bertz CT molecular complexity index is 766. The van der Waals surface area contributed by atoms with Crippen LogP contribution in [0.3, 0.4) is 0 Å². The number of phenolic OH excluding ortho intramolecular Hbond substituents is 1. The molecule has 9 heteroatoms. The number of hydrogen-bond acceptors (Lipinski definition) is 7. The molecular weight excluding hydrogens is 364 g/mol. The van der Waals surface area contributed by atoms with E-state index >= 15 is 0 Å². The first-order chi connectivity index (χ1) is 13.2. The molecule has 0 radical (unpaired) electrons. The molecule has 4 rings (SSSR count). The molecule has 0 unspecified atom stereocenters. The molecule has 1 amide bonds. The molecular formula is C18H24N6O2S. The molecule has 0 bridgehead atoms. The van der Waals surface area contributed by atoms with Crippen molar-refractivity contribution in [1.29, 1.82) is 0 Å². The number of rotatable bonds is 5. The molecule has 1 aromatic heterocycles. The zero-order valence-electron chi connectivity index (χ0n) is 15.2. The number of amides is 1. The van der Waals surface area contributed by atoms with Crippen LogP contribution in [0.15, 0.2) is 29.4 Å². The number of benzene rings is 1. The van der Waals surface area contributed by atoms with Gasteiger partial charge in [0.1, 0.15) is 5.75 Å². The van der Waals surface area contributed by atoms with E-state index in [9.17, 15) is 9.90 Å². The van der Waals surface area contributed by atoms with Crippen molar-refractivity contribution >= 4 is 23.4 Å². The van der Waals surface area contributed by atoms with Crippen LogP contribution in [-0.2, 0) is 4.79 Å². The van der Waals surface area contributed by atoms with Crippen LogP contribution in [0.5, 0.6) is 5.75 Å². The van der Waals surface area contributed by atoms with E-state index in [1.54, 1.807) is 12.1 Å². The van der Waals surface area contributed by atoms with Gasteiger partial charge in [0.05, 0.1) is 11.8 Å². The van der Waals surface area contributed by atoms with Crippen molar-refractivity contribution in [3.05, 3.63) is 24.3 Å². The lowest BCUT2D eigenvalue weighted by molar-refractivity contribution is -0.128. The van der Waals surface area contributed by atoms with Gasteiger partial charge < -0.3 is 14.9 Å². The normalized spacial score (nSPS) is 18.2. The van der Waals surface area contributed by atoms with Gasteiger partial charge in [-0.2, -0.15) is 0 Å². The molecule has 2 aliphatic rings. The highest BCUT2D eigenvalue weighted by Crippen LogP contribution is 2.31. The van der Waals surface area contributed by atoms with Crippen molar-refractivity contribution in [2.75, 3.05) is 36.8 Å². The summed E-state index contributed by atoms with van der Waals surface area (Å²) in [7, 11) is 0. The van der Waals surface area contributed by atoms with Crippen molar-refractivity contribution in [2.45, 2.75) is 36.9 Å². The van der Waals surface area contributed by atoms with E-state index in [1.165, 1.54) is 24.6 Å². The molecule has 1 aliphatic carbocycles. The number of carbonyl (C=O) groups excluding carboxylic acids is 1. The third-order valence-corrected chi connectivity index (χ3v) is 6.22. The van der Waals surface area contributed by atoms with Crippen LogP contribution in [-0.4, -0.2) is 68.1 Å². The van der Waals surface area contributed by atoms with Crippen molar-refractivity contribution in [1.82, 2.24) is 25.1 Å². The van der Waals surface area contributed by atoms with Crippen LogP contribution in [0.2, 0.25) is 0 Å². The lowest BCUT2D eigenvalue weighted by Crippen LogP contribution is -2.49. The van der Waals surface area contributed by atoms with Gasteiger partial charge in [0, 0.05) is 31.9 Å². The lowest BCUT2D eigenvalue weighted by atomic mass is 10.2. The first kappa shape index (κ1) is 18.1. The number of nitrogens with zero attached hydrogens (tertiary/aromatic N) is 6. The van der Waals surface area contributed by atoms with Crippen molar-refractivity contribution in [2.24, 2.45) is 0 Å². The minimum atomic E-state index is 0.131. The summed E-state index contributed by atoms with van der Waals surface area (Å²) in [4.78, 5) is 16.7. The van der Waals surface area contributed by atoms with E-state index in [4.69, 9.17) is 0 Å². The van der Waals surface area contributed by atoms with Gasteiger partial charge in [-0.25, -0.2) is 4.68 Å².